The quantitative estimate of drug-likeness (QED) is 0.537. The molecule has 0 aliphatic heterocycles. The van der Waals surface area contributed by atoms with Gasteiger partial charge in [0, 0.05) is 13.2 Å². The fourth-order valence-electron chi connectivity index (χ4n) is 3.20. The van der Waals surface area contributed by atoms with Crippen molar-refractivity contribution in [2.75, 3.05) is 5.32 Å². The number of anilines is 1. The molecule has 2 N–H and O–H groups in total. The number of aryl methyl sites for hydroxylation is 2. The number of hydrogen-bond donors (Lipinski definition) is 2. The zero-order chi connectivity index (χ0) is 21.6. The highest BCUT2D eigenvalue weighted by atomic mass is 19.4. The number of alkyl halides is 3. The van der Waals surface area contributed by atoms with Crippen molar-refractivity contribution in [1.82, 2.24) is 24.4 Å². The van der Waals surface area contributed by atoms with Crippen LogP contribution in [0.15, 0.2) is 47.5 Å². The predicted molar refractivity (Wildman–Crippen MR) is 102 cm³/mol. The molecular formula is C19H15F3N6O2. The van der Waals surface area contributed by atoms with E-state index in [1.165, 1.54) is 36.1 Å². The maximum atomic E-state index is 13.7. The second-order valence-electron chi connectivity index (χ2n) is 6.62. The fraction of sp³-hybridized carbons (Fsp3) is 0.158. The highest BCUT2D eigenvalue weighted by Gasteiger charge is 2.38. The molecule has 4 aromatic rings. The summed E-state index contributed by atoms with van der Waals surface area (Å²) in [5.41, 5.74) is -2.33. The lowest BCUT2D eigenvalue weighted by molar-refractivity contribution is -0.140. The Hall–Kier alpha value is -3.89. The van der Waals surface area contributed by atoms with E-state index in [9.17, 15) is 22.8 Å². The molecule has 1 amide bonds. The summed E-state index contributed by atoms with van der Waals surface area (Å²) < 4.78 is 43.2. The lowest BCUT2D eigenvalue weighted by Crippen LogP contribution is -2.29. The van der Waals surface area contributed by atoms with Gasteiger partial charge < -0.3 is 5.32 Å². The summed E-state index contributed by atoms with van der Waals surface area (Å²) >= 11 is 0. The van der Waals surface area contributed by atoms with E-state index in [0.29, 0.717) is 10.2 Å². The number of aromatic nitrogens is 5. The third-order valence-electron chi connectivity index (χ3n) is 4.50. The molecule has 30 heavy (non-hydrogen) atoms. The second kappa shape index (κ2) is 6.87. The molecule has 1 aromatic carbocycles. The van der Waals surface area contributed by atoms with E-state index in [1.807, 2.05) is 0 Å². The second-order valence-corrected chi connectivity index (χ2v) is 6.62. The van der Waals surface area contributed by atoms with Crippen LogP contribution in [-0.4, -0.2) is 30.3 Å². The minimum Gasteiger partial charge on any atom is -0.319 e. The smallest absolute Gasteiger partial charge is 0.319 e. The van der Waals surface area contributed by atoms with Crippen molar-refractivity contribution in [3.63, 3.8) is 0 Å². The van der Waals surface area contributed by atoms with Gasteiger partial charge >= 0.3 is 6.18 Å². The molecule has 0 bridgehead atoms. The molecule has 0 saturated heterocycles. The van der Waals surface area contributed by atoms with Gasteiger partial charge in [-0.25, -0.2) is 4.98 Å². The number of hydrogen-bond acceptors (Lipinski definition) is 4. The molecule has 0 fully saturated rings. The number of aromatic amines is 1. The number of H-pyrrole nitrogens is 1. The zero-order valence-corrected chi connectivity index (χ0v) is 15.8. The van der Waals surface area contributed by atoms with Crippen LogP contribution in [0.2, 0.25) is 0 Å². The SMILES string of the molecule is Cc1nc2c(-c3ccccc3)c(C(F)(F)F)[nH]n2c(=O)c1C(=O)Nc1cnn(C)c1. The molecular weight excluding hydrogens is 401 g/mol. The van der Waals surface area contributed by atoms with Gasteiger partial charge in [0.1, 0.15) is 11.3 Å². The highest BCUT2D eigenvalue weighted by molar-refractivity contribution is 6.04. The predicted octanol–water partition coefficient (Wildman–Crippen LogP) is 3.00. The maximum absolute atomic E-state index is 13.7. The molecule has 0 atom stereocenters. The Bertz CT molecular complexity index is 1320. The Morgan fingerprint density at radius 2 is 1.90 bits per heavy atom. The molecule has 3 aromatic heterocycles. The molecule has 0 saturated carbocycles. The van der Waals surface area contributed by atoms with Crippen LogP contribution in [0.4, 0.5) is 18.9 Å². The Kier molecular flexibility index (Phi) is 4.45. The van der Waals surface area contributed by atoms with E-state index in [0.717, 1.165) is 0 Å². The van der Waals surface area contributed by atoms with Crippen molar-refractivity contribution in [2.24, 2.45) is 7.05 Å². The van der Waals surface area contributed by atoms with Crippen LogP contribution in [0, 0.1) is 6.92 Å². The van der Waals surface area contributed by atoms with Crippen LogP contribution in [0.3, 0.4) is 0 Å². The first-order chi connectivity index (χ1) is 14.2. The summed E-state index contributed by atoms with van der Waals surface area (Å²) in [6, 6.07) is 7.81. The van der Waals surface area contributed by atoms with E-state index in [-0.39, 0.29) is 28.0 Å². The van der Waals surface area contributed by atoms with Crippen molar-refractivity contribution in [2.45, 2.75) is 13.1 Å². The van der Waals surface area contributed by atoms with Gasteiger partial charge in [-0.05, 0) is 12.5 Å². The van der Waals surface area contributed by atoms with E-state index < -0.39 is 23.3 Å². The van der Waals surface area contributed by atoms with Crippen molar-refractivity contribution in [3.05, 3.63) is 70.0 Å². The van der Waals surface area contributed by atoms with Crippen molar-refractivity contribution in [1.29, 1.82) is 0 Å². The summed E-state index contributed by atoms with van der Waals surface area (Å²) in [5, 5.41) is 8.48. The average molecular weight is 416 g/mol. The molecule has 8 nitrogen and oxygen atoms in total. The van der Waals surface area contributed by atoms with Gasteiger partial charge in [0.05, 0.1) is 23.1 Å². The number of halogens is 3. The molecule has 3 heterocycles. The largest absolute Gasteiger partial charge is 0.433 e. The van der Waals surface area contributed by atoms with Gasteiger partial charge in [0.25, 0.3) is 11.5 Å². The first kappa shape index (κ1) is 19.4. The van der Waals surface area contributed by atoms with Crippen LogP contribution in [-0.2, 0) is 13.2 Å². The molecule has 11 heteroatoms. The van der Waals surface area contributed by atoms with Crippen LogP contribution in [0.1, 0.15) is 21.7 Å². The number of rotatable bonds is 3. The highest BCUT2D eigenvalue weighted by Crippen LogP contribution is 2.38. The minimum absolute atomic E-state index is 0.00583. The van der Waals surface area contributed by atoms with Crippen LogP contribution in [0.25, 0.3) is 16.8 Å². The molecule has 0 unspecified atom stereocenters. The molecule has 0 radical (unpaired) electrons. The third-order valence-corrected chi connectivity index (χ3v) is 4.50. The summed E-state index contributed by atoms with van der Waals surface area (Å²) in [6.45, 7) is 1.40. The van der Waals surface area contributed by atoms with Gasteiger partial charge in [-0.2, -0.15) is 22.8 Å². The first-order valence-corrected chi connectivity index (χ1v) is 8.74. The van der Waals surface area contributed by atoms with Gasteiger partial charge in [0.15, 0.2) is 5.65 Å². The van der Waals surface area contributed by atoms with Crippen LogP contribution in [0.5, 0.6) is 0 Å². The lowest BCUT2D eigenvalue weighted by atomic mass is 10.1. The number of nitrogens with zero attached hydrogens (tertiary/aromatic N) is 4. The number of carbonyl (C=O) groups is 1. The van der Waals surface area contributed by atoms with Crippen molar-refractivity contribution < 1.29 is 18.0 Å². The van der Waals surface area contributed by atoms with E-state index in [1.54, 1.807) is 25.2 Å². The standard InChI is InChI=1S/C19H15F3N6O2/c1-10-13(17(29)25-12-8-23-27(2)9-12)18(30)28-16(24-10)14(11-6-4-3-5-7-11)15(26-28)19(20,21)22/h3-9,26H,1-2H3,(H,25,29). The topological polar surface area (TPSA) is 97.1 Å². The number of carbonyl (C=O) groups excluding carboxylic acids is 1. The molecule has 154 valence electrons. The first-order valence-electron chi connectivity index (χ1n) is 8.74. The molecule has 0 spiro atoms. The molecule has 4 rings (SSSR count). The summed E-state index contributed by atoms with van der Waals surface area (Å²) in [5.74, 6) is -0.795. The van der Waals surface area contributed by atoms with Gasteiger partial charge in [-0.15, -0.1) is 0 Å². The number of nitrogens with one attached hydrogen (secondary N) is 2. The summed E-state index contributed by atoms with van der Waals surface area (Å²) in [6.07, 6.45) is -1.88. The Balaban J connectivity index is 1.93. The third kappa shape index (κ3) is 3.23. The van der Waals surface area contributed by atoms with Gasteiger partial charge in [-0.1, -0.05) is 30.3 Å². The number of fused-ring (bicyclic) bond motifs is 1. The number of benzene rings is 1. The van der Waals surface area contributed by atoms with Crippen molar-refractivity contribution >= 4 is 17.2 Å². The zero-order valence-electron chi connectivity index (χ0n) is 15.8. The summed E-state index contributed by atoms with van der Waals surface area (Å²) in [4.78, 5) is 29.7. The Morgan fingerprint density at radius 1 is 1.20 bits per heavy atom. The fourth-order valence-corrected chi connectivity index (χ4v) is 3.20. The van der Waals surface area contributed by atoms with Crippen molar-refractivity contribution in [3.8, 4) is 11.1 Å². The lowest BCUT2D eigenvalue weighted by Gasteiger charge is -2.07. The van der Waals surface area contributed by atoms with Gasteiger partial charge in [0.2, 0.25) is 0 Å². The maximum Gasteiger partial charge on any atom is 0.433 e. The molecule has 0 aliphatic rings. The monoisotopic (exact) mass is 416 g/mol. The number of amides is 1. The normalized spacial score (nSPS) is 11.8. The van der Waals surface area contributed by atoms with Crippen LogP contribution < -0.4 is 10.9 Å². The van der Waals surface area contributed by atoms with E-state index in [2.05, 4.69) is 20.5 Å². The average Bonchev–Trinajstić information content (AvgIpc) is 3.26. The Morgan fingerprint density at radius 3 is 2.50 bits per heavy atom. The molecule has 0 aliphatic carbocycles. The minimum atomic E-state index is -4.77. The van der Waals surface area contributed by atoms with E-state index in [4.69, 9.17) is 0 Å². The Labute approximate surface area is 167 Å². The van der Waals surface area contributed by atoms with E-state index >= 15 is 0 Å². The summed E-state index contributed by atoms with van der Waals surface area (Å²) in [7, 11) is 1.64. The van der Waals surface area contributed by atoms with Gasteiger partial charge in [-0.3, -0.25) is 19.4 Å². The van der Waals surface area contributed by atoms with Crippen LogP contribution >= 0.6 is 0 Å².